The molecule has 1 amide bonds. The molecule has 0 saturated heterocycles. The number of esters is 1. The van der Waals surface area contributed by atoms with E-state index in [0.717, 1.165) is 39.2 Å². The molecule has 0 spiro atoms. The van der Waals surface area contributed by atoms with Crippen LogP contribution in [-0.2, 0) is 16.1 Å². The molecule has 210 valence electrons. The zero-order valence-corrected chi connectivity index (χ0v) is 23.7. The lowest BCUT2D eigenvalue weighted by Gasteiger charge is -2.15. The maximum absolute atomic E-state index is 12.7. The van der Waals surface area contributed by atoms with Crippen LogP contribution in [0, 0.1) is 20.8 Å². The Morgan fingerprint density at radius 1 is 0.976 bits per heavy atom. The molecule has 0 saturated carbocycles. The number of methoxy groups -OCH3 is 1. The molecule has 0 unspecified atom stereocenters. The van der Waals surface area contributed by atoms with Gasteiger partial charge in [0.15, 0.2) is 5.76 Å². The fourth-order valence-corrected chi connectivity index (χ4v) is 5.06. The minimum absolute atomic E-state index is 0.119. The van der Waals surface area contributed by atoms with Crippen LogP contribution in [0.15, 0.2) is 82.3 Å². The number of aryl methyl sites for hydroxylation is 2. The number of aromatic nitrogens is 2. The molecule has 9 nitrogen and oxygen atoms in total. The second kappa shape index (κ2) is 11.6. The molecule has 2 aromatic carbocycles. The number of nitrogens with one attached hydrogen (secondary N) is 1. The van der Waals surface area contributed by atoms with E-state index < -0.39 is 11.9 Å². The van der Waals surface area contributed by atoms with Crippen molar-refractivity contribution in [2.45, 2.75) is 40.3 Å². The molecular weight excluding hydrogens is 520 g/mol. The van der Waals surface area contributed by atoms with E-state index in [9.17, 15) is 9.59 Å². The van der Waals surface area contributed by atoms with Gasteiger partial charge in [0.2, 0.25) is 0 Å². The van der Waals surface area contributed by atoms with Gasteiger partial charge in [-0.3, -0.25) is 4.79 Å². The topological polar surface area (TPSA) is 100.0 Å². The minimum Gasteiger partial charge on any atom is -0.486 e. The summed E-state index contributed by atoms with van der Waals surface area (Å²) in [5, 5.41) is 5.07. The second-order valence-electron chi connectivity index (χ2n) is 9.78. The van der Waals surface area contributed by atoms with Crippen LogP contribution in [0.5, 0.6) is 5.75 Å². The third kappa shape index (κ3) is 5.51. The van der Waals surface area contributed by atoms with Gasteiger partial charge < -0.3 is 23.0 Å². The summed E-state index contributed by atoms with van der Waals surface area (Å²) in [4.78, 5) is 24.9. The molecule has 1 atom stereocenters. The van der Waals surface area contributed by atoms with E-state index in [1.165, 1.54) is 7.11 Å². The monoisotopic (exact) mass is 552 g/mol. The lowest BCUT2D eigenvalue weighted by atomic mass is 10.1. The molecule has 5 rings (SSSR count). The highest BCUT2D eigenvalue weighted by atomic mass is 16.5. The van der Waals surface area contributed by atoms with E-state index in [0.29, 0.717) is 11.5 Å². The lowest BCUT2D eigenvalue weighted by Crippen LogP contribution is -2.19. The van der Waals surface area contributed by atoms with E-state index in [1.54, 1.807) is 25.3 Å². The predicted molar refractivity (Wildman–Crippen MR) is 157 cm³/mol. The SMILES string of the molecule is COC(=O)[C@H](C)n1c(C)c(/C=N/NC(=O)c2ccc(COc3ccc(-n4c(C)ccc4C)cc3)o2)c2ccccc21. The number of rotatable bonds is 9. The third-order valence-corrected chi connectivity index (χ3v) is 7.13. The Morgan fingerprint density at radius 2 is 1.68 bits per heavy atom. The van der Waals surface area contributed by atoms with Gasteiger partial charge in [-0.05, 0) is 82.3 Å². The van der Waals surface area contributed by atoms with Crippen molar-refractivity contribution in [1.82, 2.24) is 14.6 Å². The van der Waals surface area contributed by atoms with Crippen LogP contribution in [0.3, 0.4) is 0 Å². The predicted octanol–water partition coefficient (Wildman–Crippen LogP) is 6.03. The number of furan rings is 1. The molecule has 5 aromatic rings. The van der Waals surface area contributed by atoms with Crippen molar-refractivity contribution >= 4 is 29.0 Å². The van der Waals surface area contributed by atoms with Crippen molar-refractivity contribution in [3.05, 3.63) is 107 Å². The number of hydrazone groups is 1. The highest BCUT2D eigenvalue weighted by Gasteiger charge is 2.22. The van der Waals surface area contributed by atoms with Crippen LogP contribution < -0.4 is 10.2 Å². The van der Waals surface area contributed by atoms with Gasteiger partial charge in [-0.1, -0.05) is 18.2 Å². The molecule has 0 radical (unpaired) electrons. The van der Waals surface area contributed by atoms with Gasteiger partial charge in [-0.15, -0.1) is 0 Å². The number of fused-ring (bicyclic) bond motifs is 1. The second-order valence-corrected chi connectivity index (χ2v) is 9.78. The van der Waals surface area contributed by atoms with Crippen molar-refractivity contribution in [1.29, 1.82) is 0 Å². The summed E-state index contributed by atoms with van der Waals surface area (Å²) in [6, 6.07) is 22.5. The maximum Gasteiger partial charge on any atom is 0.328 e. The number of para-hydroxylation sites is 1. The van der Waals surface area contributed by atoms with Crippen molar-refractivity contribution < 1.29 is 23.5 Å². The van der Waals surface area contributed by atoms with Crippen molar-refractivity contribution in [3.8, 4) is 11.4 Å². The number of benzene rings is 2. The average Bonchev–Trinajstić information content (AvgIpc) is 3.67. The number of nitrogens with zero attached hydrogens (tertiary/aromatic N) is 3. The van der Waals surface area contributed by atoms with Gasteiger partial charge in [0.25, 0.3) is 0 Å². The fraction of sp³-hybridized carbons (Fsp3) is 0.219. The Labute approximate surface area is 238 Å². The smallest absolute Gasteiger partial charge is 0.328 e. The van der Waals surface area contributed by atoms with Crippen LogP contribution in [0.4, 0.5) is 0 Å². The van der Waals surface area contributed by atoms with Gasteiger partial charge in [-0.2, -0.15) is 5.10 Å². The molecule has 3 aromatic heterocycles. The summed E-state index contributed by atoms with van der Waals surface area (Å²) in [6.07, 6.45) is 1.57. The van der Waals surface area contributed by atoms with Crippen molar-refractivity contribution in [2.75, 3.05) is 7.11 Å². The van der Waals surface area contributed by atoms with E-state index in [2.05, 4.69) is 41.1 Å². The quantitative estimate of drug-likeness (QED) is 0.137. The zero-order valence-electron chi connectivity index (χ0n) is 23.7. The third-order valence-electron chi connectivity index (χ3n) is 7.13. The average molecular weight is 553 g/mol. The van der Waals surface area contributed by atoms with Gasteiger partial charge >= 0.3 is 11.9 Å². The number of carbonyl (C=O) groups is 2. The summed E-state index contributed by atoms with van der Waals surface area (Å²) >= 11 is 0. The largest absolute Gasteiger partial charge is 0.486 e. The minimum atomic E-state index is -0.517. The molecule has 1 N–H and O–H groups in total. The Balaban J connectivity index is 1.22. The summed E-state index contributed by atoms with van der Waals surface area (Å²) in [6.45, 7) is 8.00. The Morgan fingerprint density at radius 3 is 2.39 bits per heavy atom. The van der Waals surface area contributed by atoms with Gasteiger partial charge in [-0.25, -0.2) is 10.2 Å². The van der Waals surface area contributed by atoms with Gasteiger partial charge in [0, 0.05) is 39.2 Å². The van der Waals surface area contributed by atoms with Crippen LogP contribution in [0.25, 0.3) is 16.6 Å². The molecule has 41 heavy (non-hydrogen) atoms. The standard InChI is InChI=1S/C32H32N4O5/c1-20-10-11-21(2)35(20)24-12-14-25(15-13-24)40-19-26-16-17-30(41-26)31(37)34-33-18-28-22(3)36(23(4)32(38)39-5)29-9-7-6-8-27(28)29/h6-18,23H,19H2,1-5H3,(H,34,37)/b33-18+/t23-/m0/s1. The fourth-order valence-electron chi connectivity index (χ4n) is 5.06. The molecular formula is C32H32N4O5. The maximum atomic E-state index is 12.7. The molecule has 0 aliphatic heterocycles. The Kier molecular flexibility index (Phi) is 7.78. The Hall–Kier alpha value is -5.05. The molecule has 0 aliphatic rings. The van der Waals surface area contributed by atoms with E-state index in [4.69, 9.17) is 13.9 Å². The van der Waals surface area contributed by atoms with Crippen molar-refractivity contribution in [3.63, 3.8) is 0 Å². The van der Waals surface area contributed by atoms with E-state index >= 15 is 0 Å². The molecule has 0 bridgehead atoms. The summed E-state index contributed by atoms with van der Waals surface area (Å²) in [7, 11) is 1.37. The summed E-state index contributed by atoms with van der Waals surface area (Å²) in [5.74, 6) is 0.490. The number of hydrogen-bond acceptors (Lipinski definition) is 6. The molecule has 0 fully saturated rings. The highest BCUT2D eigenvalue weighted by Crippen LogP contribution is 2.28. The van der Waals surface area contributed by atoms with Crippen LogP contribution in [0.1, 0.15) is 51.9 Å². The van der Waals surface area contributed by atoms with Crippen molar-refractivity contribution in [2.24, 2.45) is 5.10 Å². The van der Waals surface area contributed by atoms with E-state index in [-0.39, 0.29) is 18.3 Å². The number of carbonyl (C=O) groups excluding carboxylic acids is 2. The van der Waals surface area contributed by atoms with E-state index in [1.807, 2.05) is 60.0 Å². The molecule has 3 heterocycles. The molecule has 9 heteroatoms. The lowest BCUT2D eigenvalue weighted by molar-refractivity contribution is -0.143. The van der Waals surface area contributed by atoms with Crippen LogP contribution in [-0.4, -0.2) is 34.3 Å². The zero-order chi connectivity index (χ0) is 29.1. The molecule has 0 aliphatic carbocycles. The number of ether oxygens (including phenoxy) is 2. The Bertz CT molecular complexity index is 1720. The van der Waals surface area contributed by atoms with Crippen LogP contribution >= 0.6 is 0 Å². The first kappa shape index (κ1) is 27.5. The van der Waals surface area contributed by atoms with Crippen LogP contribution in [0.2, 0.25) is 0 Å². The van der Waals surface area contributed by atoms with Gasteiger partial charge in [0.05, 0.1) is 13.3 Å². The first-order chi connectivity index (χ1) is 19.8. The normalized spacial score (nSPS) is 12.1. The van der Waals surface area contributed by atoms with Gasteiger partial charge in [0.1, 0.15) is 24.2 Å². The highest BCUT2D eigenvalue weighted by molar-refractivity contribution is 6.02. The first-order valence-corrected chi connectivity index (χ1v) is 13.3. The summed E-state index contributed by atoms with van der Waals surface area (Å²) < 4.78 is 20.6. The summed E-state index contributed by atoms with van der Waals surface area (Å²) in [5.41, 5.74) is 8.40. The number of amides is 1. The number of hydrogen-bond donors (Lipinski definition) is 1. The first-order valence-electron chi connectivity index (χ1n) is 13.3.